The van der Waals surface area contributed by atoms with Gasteiger partial charge in [0, 0.05) is 16.6 Å². The third kappa shape index (κ3) is 3.44. The van der Waals surface area contributed by atoms with Crippen molar-refractivity contribution in [1.82, 2.24) is 5.32 Å². The van der Waals surface area contributed by atoms with E-state index in [9.17, 15) is 9.90 Å². The summed E-state index contributed by atoms with van der Waals surface area (Å²) in [5.74, 6) is -0.900. The fourth-order valence-electron chi connectivity index (χ4n) is 2.92. The van der Waals surface area contributed by atoms with Crippen molar-refractivity contribution in [1.29, 1.82) is 0 Å². The van der Waals surface area contributed by atoms with Crippen molar-refractivity contribution in [3.8, 4) is 0 Å². The first-order valence-corrected chi connectivity index (χ1v) is 9.43. The summed E-state index contributed by atoms with van der Waals surface area (Å²) in [7, 11) is 1.44. The van der Waals surface area contributed by atoms with Crippen LogP contribution in [0.15, 0.2) is 29.7 Å². The molecular weight excluding hydrogens is 349 g/mol. The minimum absolute atomic E-state index is 0.339. The van der Waals surface area contributed by atoms with Crippen molar-refractivity contribution in [2.45, 2.75) is 38.9 Å². The molecule has 138 valence electrons. The van der Waals surface area contributed by atoms with Crippen LogP contribution in [-0.4, -0.2) is 43.0 Å². The van der Waals surface area contributed by atoms with Gasteiger partial charge in [-0.3, -0.25) is 0 Å². The normalized spacial score (nSPS) is 19.3. The average molecular weight is 373 g/mol. The van der Waals surface area contributed by atoms with Crippen LogP contribution < -0.4 is 5.32 Å². The molecule has 7 heteroatoms. The topological polar surface area (TPSA) is 67.8 Å². The van der Waals surface area contributed by atoms with E-state index in [1.54, 1.807) is 6.07 Å². The van der Waals surface area contributed by atoms with Crippen LogP contribution in [0.3, 0.4) is 0 Å². The molecule has 1 saturated heterocycles. The van der Waals surface area contributed by atoms with Gasteiger partial charge in [-0.2, -0.15) is 0 Å². The quantitative estimate of drug-likeness (QED) is 0.780. The molecule has 0 saturated carbocycles. The molecule has 1 aliphatic heterocycles. The summed E-state index contributed by atoms with van der Waals surface area (Å²) >= 11 is 1.28. The highest BCUT2D eigenvalue weighted by Gasteiger charge is 2.52. The largest absolute Gasteiger partial charge is 0.491 e. The van der Waals surface area contributed by atoms with Crippen LogP contribution in [0.25, 0.3) is 16.2 Å². The molecule has 0 amide bonds. The van der Waals surface area contributed by atoms with Crippen LogP contribution in [0.4, 0.5) is 0 Å². The highest BCUT2D eigenvalue weighted by Crippen LogP contribution is 2.39. The standard InChI is InChI=1S/C19H24BNO4S/c1-18(2)19(3,4)25-20(24-18)13(11-21-5)9-12-7-6-8-15-14(12)10-16(26-15)17(22)23/h6-10,21H,11H2,1-5H3,(H,22,23). The molecule has 1 fully saturated rings. The van der Waals surface area contributed by atoms with Crippen LogP contribution >= 0.6 is 11.3 Å². The fourth-order valence-corrected chi connectivity index (χ4v) is 3.85. The summed E-state index contributed by atoms with van der Waals surface area (Å²) in [6.45, 7) is 8.74. The molecule has 2 aromatic rings. The summed E-state index contributed by atoms with van der Waals surface area (Å²) in [4.78, 5) is 11.6. The van der Waals surface area contributed by atoms with Crippen LogP contribution in [0.2, 0.25) is 0 Å². The second-order valence-corrected chi connectivity index (χ2v) is 8.60. The number of thiophene rings is 1. The number of benzene rings is 1. The first-order chi connectivity index (χ1) is 12.1. The van der Waals surface area contributed by atoms with Gasteiger partial charge in [-0.25, -0.2) is 4.79 Å². The van der Waals surface area contributed by atoms with Gasteiger partial charge in [0.05, 0.1) is 11.2 Å². The number of likely N-dealkylation sites (N-methyl/N-ethyl adjacent to an activating group) is 1. The number of carboxylic acid groups (broad SMARTS) is 1. The predicted molar refractivity (Wildman–Crippen MR) is 107 cm³/mol. The Kier molecular flexibility index (Phi) is 5.01. The Labute approximate surface area is 158 Å². The number of nitrogens with one attached hydrogen (secondary N) is 1. The van der Waals surface area contributed by atoms with E-state index in [4.69, 9.17) is 9.31 Å². The van der Waals surface area contributed by atoms with Gasteiger partial charge >= 0.3 is 13.1 Å². The molecule has 1 aliphatic rings. The molecule has 2 heterocycles. The van der Waals surface area contributed by atoms with E-state index in [0.717, 1.165) is 21.1 Å². The number of hydrogen-bond acceptors (Lipinski definition) is 5. The van der Waals surface area contributed by atoms with E-state index in [1.165, 1.54) is 11.3 Å². The number of hydrogen-bond donors (Lipinski definition) is 2. The highest BCUT2D eigenvalue weighted by molar-refractivity contribution is 7.20. The second kappa shape index (κ2) is 6.81. The molecule has 2 N–H and O–H groups in total. The molecule has 0 bridgehead atoms. The molecule has 0 radical (unpaired) electrons. The van der Waals surface area contributed by atoms with Gasteiger partial charge in [-0.15, -0.1) is 11.3 Å². The van der Waals surface area contributed by atoms with Crippen molar-refractivity contribution in [2.24, 2.45) is 0 Å². The maximum atomic E-state index is 11.3. The fraction of sp³-hybridized carbons (Fsp3) is 0.421. The lowest BCUT2D eigenvalue weighted by Gasteiger charge is -2.32. The Morgan fingerprint density at radius 3 is 2.50 bits per heavy atom. The minimum Gasteiger partial charge on any atom is -0.477 e. The minimum atomic E-state index is -0.900. The van der Waals surface area contributed by atoms with E-state index in [0.29, 0.717) is 11.4 Å². The Balaban J connectivity index is 2.03. The molecule has 0 atom stereocenters. The lowest BCUT2D eigenvalue weighted by atomic mass is 9.76. The molecule has 1 aromatic carbocycles. The zero-order chi connectivity index (χ0) is 19.1. The van der Waals surface area contributed by atoms with Crippen LogP contribution in [0, 0.1) is 0 Å². The molecule has 0 aliphatic carbocycles. The van der Waals surface area contributed by atoms with E-state index in [-0.39, 0.29) is 0 Å². The summed E-state index contributed by atoms with van der Waals surface area (Å²) < 4.78 is 13.3. The predicted octanol–water partition coefficient (Wildman–Crippen LogP) is 3.83. The van der Waals surface area contributed by atoms with Gasteiger partial charge in [0.1, 0.15) is 4.88 Å². The lowest BCUT2D eigenvalue weighted by molar-refractivity contribution is 0.00578. The molecule has 5 nitrogen and oxygen atoms in total. The van der Waals surface area contributed by atoms with Crippen LogP contribution in [-0.2, 0) is 9.31 Å². The van der Waals surface area contributed by atoms with Gasteiger partial charge in [0.2, 0.25) is 0 Å². The summed E-state index contributed by atoms with van der Waals surface area (Å²) in [6.07, 6.45) is 2.04. The van der Waals surface area contributed by atoms with E-state index in [1.807, 2.05) is 59.0 Å². The number of aromatic carboxylic acids is 1. The van der Waals surface area contributed by atoms with Crippen LogP contribution in [0.5, 0.6) is 0 Å². The zero-order valence-electron chi connectivity index (χ0n) is 15.8. The van der Waals surface area contributed by atoms with Crippen molar-refractivity contribution in [2.75, 3.05) is 13.6 Å². The second-order valence-electron chi connectivity index (χ2n) is 7.51. The Hall–Kier alpha value is -1.67. The first kappa shape index (κ1) is 19.1. The van der Waals surface area contributed by atoms with E-state index >= 15 is 0 Å². The molecule has 1 aromatic heterocycles. The number of fused-ring (bicyclic) bond motifs is 1. The Morgan fingerprint density at radius 1 is 1.27 bits per heavy atom. The highest BCUT2D eigenvalue weighted by atomic mass is 32.1. The SMILES string of the molecule is CNCC(=Cc1cccc2sc(C(=O)O)cc12)B1OC(C)(C)C(C)(C)O1. The number of carboxylic acids is 1. The smallest absolute Gasteiger partial charge is 0.477 e. The molecule has 26 heavy (non-hydrogen) atoms. The van der Waals surface area contributed by atoms with Crippen LogP contribution in [0.1, 0.15) is 42.9 Å². The van der Waals surface area contributed by atoms with E-state index in [2.05, 4.69) is 5.32 Å². The van der Waals surface area contributed by atoms with Crippen molar-refractivity contribution >= 4 is 40.6 Å². The summed E-state index contributed by atoms with van der Waals surface area (Å²) in [5.41, 5.74) is 1.12. The average Bonchev–Trinajstić information content (AvgIpc) is 3.06. The molecule has 0 spiro atoms. The summed E-state index contributed by atoms with van der Waals surface area (Å²) in [6, 6.07) is 7.60. The number of carbonyl (C=O) groups is 1. The molecule has 3 rings (SSSR count). The van der Waals surface area contributed by atoms with Gasteiger partial charge in [-0.05, 0) is 57.9 Å². The van der Waals surface area contributed by atoms with Gasteiger partial charge in [-0.1, -0.05) is 18.2 Å². The maximum absolute atomic E-state index is 11.3. The van der Waals surface area contributed by atoms with Crippen molar-refractivity contribution < 1.29 is 19.2 Å². The Bertz CT molecular complexity index is 856. The van der Waals surface area contributed by atoms with Gasteiger partial charge in [0.25, 0.3) is 0 Å². The van der Waals surface area contributed by atoms with Gasteiger partial charge < -0.3 is 19.7 Å². The monoisotopic (exact) mass is 373 g/mol. The first-order valence-electron chi connectivity index (χ1n) is 8.61. The Morgan fingerprint density at radius 2 is 1.92 bits per heavy atom. The van der Waals surface area contributed by atoms with E-state index < -0.39 is 24.3 Å². The third-order valence-corrected chi connectivity index (χ3v) is 6.17. The maximum Gasteiger partial charge on any atom is 0.491 e. The number of rotatable bonds is 5. The van der Waals surface area contributed by atoms with Crippen molar-refractivity contribution in [3.05, 3.63) is 40.2 Å². The third-order valence-electron chi connectivity index (χ3n) is 5.08. The lowest BCUT2D eigenvalue weighted by Crippen LogP contribution is -2.41. The van der Waals surface area contributed by atoms with Gasteiger partial charge in [0.15, 0.2) is 0 Å². The molecule has 0 unspecified atom stereocenters. The zero-order valence-corrected chi connectivity index (χ0v) is 16.6. The van der Waals surface area contributed by atoms with Crippen molar-refractivity contribution in [3.63, 3.8) is 0 Å². The summed E-state index contributed by atoms with van der Waals surface area (Å²) in [5, 5.41) is 13.4. The molecular formula is C19H24BNO4S.